The topological polar surface area (TPSA) is 43.9 Å². The lowest BCUT2D eigenvalue weighted by molar-refractivity contribution is -0.135. The molecule has 3 amide bonds. The molecule has 0 aliphatic carbocycles. The van der Waals surface area contributed by atoms with Gasteiger partial charge in [0, 0.05) is 26.7 Å². The van der Waals surface area contributed by atoms with Gasteiger partial charge in [0.2, 0.25) is 0 Å². The summed E-state index contributed by atoms with van der Waals surface area (Å²) in [5, 5.41) is 0. The van der Waals surface area contributed by atoms with Gasteiger partial charge in [0.1, 0.15) is 5.54 Å². The van der Waals surface area contributed by atoms with Crippen LogP contribution in [-0.2, 0) is 11.3 Å². The van der Waals surface area contributed by atoms with Gasteiger partial charge >= 0.3 is 6.03 Å². The van der Waals surface area contributed by atoms with E-state index < -0.39 is 5.54 Å². The van der Waals surface area contributed by atoms with Crippen LogP contribution in [-0.4, -0.2) is 58.9 Å². The molecular weight excluding hydrogens is 374 g/mol. The second-order valence-electron chi connectivity index (χ2n) is 8.69. The molecule has 2 heterocycles. The highest BCUT2D eigenvalue weighted by Crippen LogP contribution is 2.38. The molecule has 2 saturated heterocycles. The molecule has 2 fully saturated rings. The summed E-state index contributed by atoms with van der Waals surface area (Å²) in [5.41, 5.74) is 1.74. The molecule has 1 atom stereocenters. The number of likely N-dealkylation sites (N-methyl/N-ethyl adjacent to an activating group) is 1. The minimum Gasteiger partial charge on any atom is -0.305 e. The molecule has 158 valence electrons. The molecule has 0 radical (unpaired) electrons. The zero-order valence-corrected chi connectivity index (χ0v) is 18.0. The predicted molar refractivity (Wildman–Crippen MR) is 118 cm³/mol. The van der Waals surface area contributed by atoms with Crippen LogP contribution in [0.4, 0.5) is 4.79 Å². The average Bonchev–Trinajstić information content (AvgIpc) is 2.96. The maximum absolute atomic E-state index is 13.1. The Morgan fingerprint density at radius 3 is 2.17 bits per heavy atom. The number of urea groups is 1. The van der Waals surface area contributed by atoms with E-state index in [1.54, 1.807) is 7.05 Å². The van der Waals surface area contributed by atoms with Gasteiger partial charge in [-0.15, -0.1) is 0 Å². The molecule has 5 nitrogen and oxygen atoms in total. The monoisotopic (exact) mass is 405 g/mol. The van der Waals surface area contributed by atoms with Crippen molar-refractivity contribution in [1.82, 2.24) is 14.7 Å². The van der Waals surface area contributed by atoms with Gasteiger partial charge in [-0.05, 0) is 42.9 Å². The Hall–Kier alpha value is -2.66. The molecule has 0 aromatic heterocycles. The van der Waals surface area contributed by atoms with Gasteiger partial charge in [0.15, 0.2) is 0 Å². The molecule has 0 bridgehead atoms. The average molecular weight is 406 g/mol. The molecule has 4 rings (SSSR count). The highest BCUT2D eigenvalue weighted by atomic mass is 16.2. The van der Waals surface area contributed by atoms with Gasteiger partial charge in [-0.2, -0.15) is 0 Å². The molecule has 0 saturated carbocycles. The first kappa shape index (κ1) is 20.6. The third-order valence-corrected chi connectivity index (χ3v) is 6.85. The largest absolute Gasteiger partial charge is 0.327 e. The fraction of sp³-hybridized carbons (Fsp3) is 0.440. The van der Waals surface area contributed by atoms with Crippen LogP contribution in [0.15, 0.2) is 60.7 Å². The summed E-state index contributed by atoms with van der Waals surface area (Å²) < 4.78 is 0. The number of likely N-dealkylation sites (tertiary alicyclic amines) is 1. The van der Waals surface area contributed by atoms with E-state index in [0.717, 1.165) is 31.6 Å². The van der Waals surface area contributed by atoms with Gasteiger partial charge in [-0.1, -0.05) is 67.6 Å². The van der Waals surface area contributed by atoms with E-state index in [4.69, 9.17) is 0 Å². The molecular formula is C25H31N3O2. The van der Waals surface area contributed by atoms with Crippen LogP contribution in [0.2, 0.25) is 0 Å². The normalized spacial score (nSPS) is 20.2. The van der Waals surface area contributed by atoms with Crippen LogP contribution in [0.25, 0.3) is 0 Å². The number of carbonyl (C=O) groups is 2. The lowest BCUT2D eigenvalue weighted by atomic mass is 9.85. The summed E-state index contributed by atoms with van der Waals surface area (Å²) in [6, 6.07) is 20.4. The number of hydrogen-bond donors (Lipinski definition) is 0. The Morgan fingerprint density at radius 2 is 1.53 bits per heavy atom. The number of rotatable bonds is 6. The number of imide groups is 1. The molecule has 2 aliphatic heterocycles. The Balaban J connectivity index is 1.40. The minimum atomic E-state index is -0.691. The lowest BCUT2D eigenvalue weighted by Gasteiger charge is -2.42. The molecule has 2 aliphatic rings. The number of hydrogen-bond acceptors (Lipinski definition) is 3. The summed E-state index contributed by atoms with van der Waals surface area (Å²) in [4.78, 5) is 31.5. The highest BCUT2D eigenvalue weighted by Gasteiger charge is 2.56. The van der Waals surface area contributed by atoms with Gasteiger partial charge < -0.3 is 9.80 Å². The van der Waals surface area contributed by atoms with Crippen LogP contribution in [0.1, 0.15) is 43.2 Å². The van der Waals surface area contributed by atoms with E-state index in [9.17, 15) is 9.59 Å². The molecule has 5 heteroatoms. The zero-order valence-electron chi connectivity index (χ0n) is 18.0. The number of benzene rings is 2. The third-order valence-electron chi connectivity index (χ3n) is 6.85. The quantitative estimate of drug-likeness (QED) is 0.680. The van der Waals surface area contributed by atoms with Crippen LogP contribution in [0.3, 0.4) is 0 Å². The van der Waals surface area contributed by atoms with Gasteiger partial charge in [-0.25, -0.2) is 4.79 Å². The fourth-order valence-corrected chi connectivity index (χ4v) is 4.82. The second-order valence-corrected chi connectivity index (χ2v) is 8.69. The second kappa shape index (κ2) is 8.60. The first-order valence-electron chi connectivity index (χ1n) is 10.9. The van der Waals surface area contributed by atoms with Crippen LogP contribution >= 0.6 is 0 Å². The van der Waals surface area contributed by atoms with Crippen molar-refractivity contribution in [3.63, 3.8) is 0 Å². The Bertz CT molecular complexity index is 876. The summed E-state index contributed by atoms with van der Waals surface area (Å²) in [6.07, 6.45) is 2.50. The minimum absolute atomic E-state index is 0.0410. The summed E-state index contributed by atoms with van der Waals surface area (Å²) in [5.74, 6) is 0.471. The van der Waals surface area contributed by atoms with E-state index in [0.29, 0.717) is 25.3 Å². The van der Waals surface area contributed by atoms with E-state index >= 15 is 0 Å². The van der Waals surface area contributed by atoms with Crippen molar-refractivity contribution in [3.8, 4) is 0 Å². The number of nitrogens with zero attached hydrogens (tertiary/aromatic N) is 3. The van der Waals surface area contributed by atoms with Gasteiger partial charge in [0.05, 0.1) is 0 Å². The third kappa shape index (κ3) is 3.86. The molecule has 0 N–H and O–H groups in total. The zero-order chi connectivity index (χ0) is 21.1. The van der Waals surface area contributed by atoms with Crippen molar-refractivity contribution in [2.24, 2.45) is 0 Å². The van der Waals surface area contributed by atoms with Gasteiger partial charge in [-0.3, -0.25) is 9.69 Å². The Kier molecular flexibility index (Phi) is 5.91. The predicted octanol–water partition coefficient (Wildman–Crippen LogP) is 4.11. The lowest BCUT2D eigenvalue weighted by Crippen LogP contribution is -2.56. The first-order chi connectivity index (χ1) is 14.5. The SMILES string of the molecule is C[C@@H](CCN1CCC2(CC1)C(=O)N(C)C(=O)N2Cc1ccccc1)c1ccccc1. The van der Waals surface area contributed by atoms with E-state index in [2.05, 4.69) is 42.2 Å². The van der Waals surface area contributed by atoms with Crippen LogP contribution < -0.4 is 0 Å². The number of amides is 3. The van der Waals surface area contributed by atoms with Crippen molar-refractivity contribution in [3.05, 3.63) is 71.8 Å². The first-order valence-corrected chi connectivity index (χ1v) is 10.9. The van der Waals surface area contributed by atoms with Crippen molar-refractivity contribution >= 4 is 11.9 Å². The fourth-order valence-electron chi connectivity index (χ4n) is 4.82. The molecule has 30 heavy (non-hydrogen) atoms. The molecule has 2 aromatic rings. The standard InChI is InChI=1S/C25H31N3O2/c1-20(22-11-7-4-8-12-22)13-16-27-17-14-25(15-18-27)23(29)26(2)24(30)28(25)19-21-9-5-3-6-10-21/h3-12,20H,13-19H2,1-2H3/t20-/m0/s1. The van der Waals surface area contributed by atoms with E-state index in [1.165, 1.54) is 10.5 Å². The van der Waals surface area contributed by atoms with Crippen LogP contribution in [0.5, 0.6) is 0 Å². The van der Waals surface area contributed by atoms with Crippen molar-refractivity contribution in [2.75, 3.05) is 26.7 Å². The summed E-state index contributed by atoms with van der Waals surface area (Å²) >= 11 is 0. The highest BCUT2D eigenvalue weighted by molar-refractivity contribution is 6.06. The Labute approximate surface area is 179 Å². The maximum Gasteiger partial charge on any atom is 0.327 e. The Morgan fingerprint density at radius 1 is 0.933 bits per heavy atom. The number of piperidine rings is 1. The van der Waals surface area contributed by atoms with Crippen molar-refractivity contribution < 1.29 is 9.59 Å². The summed E-state index contributed by atoms with van der Waals surface area (Å²) in [6.45, 7) is 5.47. The van der Waals surface area contributed by atoms with Gasteiger partial charge in [0.25, 0.3) is 5.91 Å². The van der Waals surface area contributed by atoms with Crippen LogP contribution in [0, 0.1) is 0 Å². The summed E-state index contributed by atoms with van der Waals surface area (Å²) in [7, 11) is 1.62. The molecule has 2 aromatic carbocycles. The maximum atomic E-state index is 13.1. The van der Waals surface area contributed by atoms with E-state index in [-0.39, 0.29) is 11.9 Å². The van der Waals surface area contributed by atoms with Crippen molar-refractivity contribution in [2.45, 2.75) is 44.2 Å². The molecule has 1 spiro atoms. The number of carbonyl (C=O) groups excluding carboxylic acids is 2. The van der Waals surface area contributed by atoms with E-state index in [1.807, 2.05) is 35.2 Å². The smallest absolute Gasteiger partial charge is 0.305 e. The van der Waals surface area contributed by atoms with Crippen molar-refractivity contribution in [1.29, 1.82) is 0 Å². The molecule has 0 unspecified atom stereocenters.